The van der Waals surface area contributed by atoms with Crippen molar-refractivity contribution in [1.29, 1.82) is 0 Å². The van der Waals surface area contributed by atoms with Gasteiger partial charge in [-0.25, -0.2) is 9.78 Å². The van der Waals surface area contributed by atoms with Crippen LogP contribution in [0.15, 0.2) is 50.7 Å². The Balaban J connectivity index is 2.46. The van der Waals surface area contributed by atoms with Gasteiger partial charge in [-0.2, -0.15) is 0 Å². The Morgan fingerprint density at radius 3 is 2.95 bits per heavy atom. The second kappa shape index (κ2) is 3.32. The molecular weight excluding hydrogens is 246 g/mol. The van der Waals surface area contributed by atoms with E-state index in [1.807, 2.05) is 6.07 Å². The first-order chi connectivity index (χ1) is 9.25. The summed E-state index contributed by atoms with van der Waals surface area (Å²) in [7, 11) is 0. The van der Waals surface area contributed by atoms with Crippen LogP contribution >= 0.6 is 0 Å². The Morgan fingerprint density at radius 1 is 1.21 bits per heavy atom. The molecule has 0 unspecified atom stereocenters. The first-order valence-electron chi connectivity index (χ1n) is 5.66. The van der Waals surface area contributed by atoms with Crippen molar-refractivity contribution in [3.8, 4) is 0 Å². The number of aromatic amines is 1. The van der Waals surface area contributed by atoms with Crippen LogP contribution in [0, 0.1) is 0 Å². The lowest BCUT2D eigenvalue weighted by Gasteiger charge is -2.02. The number of imidazole rings is 1. The molecule has 6 nitrogen and oxygen atoms in total. The predicted octanol–water partition coefficient (Wildman–Crippen LogP) is 1.28. The molecule has 3 aromatic heterocycles. The van der Waals surface area contributed by atoms with Crippen LogP contribution in [-0.2, 0) is 0 Å². The molecule has 1 N–H and O–H groups in total. The molecule has 4 rings (SSSR count). The smallest absolute Gasteiger partial charge is 0.351 e. The molecule has 92 valence electrons. The number of fused-ring (bicyclic) bond motifs is 4. The van der Waals surface area contributed by atoms with Gasteiger partial charge in [0.05, 0.1) is 5.52 Å². The zero-order valence-electron chi connectivity index (χ0n) is 9.58. The minimum absolute atomic E-state index is 0.00389. The topological polar surface area (TPSA) is 80.4 Å². The van der Waals surface area contributed by atoms with Gasteiger partial charge in [0.2, 0.25) is 5.78 Å². The zero-order valence-corrected chi connectivity index (χ0v) is 9.58. The molecule has 0 spiro atoms. The third kappa shape index (κ3) is 1.22. The summed E-state index contributed by atoms with van der Waals surface area (Å²) in [5.74, 6) is 0.397. The van der Waals surface area contributed by atoms with Gasteiger partial charge >= 0.3 is 5.63 Å². The number of hydrogen-bond donors (Lipinski definition) is 1. The summed E-state index contributed by atoms with van der Waals surface area (Å²) in [5.41, 5.74) is -0.187. The monoisotopic (exact) mass is 253 g/mol. The zero-order chi connectivity index (χ0) is 13.0. The van der Waals surface area contributed by atoms with E-state index in [0.717, 1.165) is 0 Å². The van der Waals surface area contributed by atoms with Crippen molar-refractivity contribution in [2.75, 3.05) is 0 Å². The highest BCUT2D eigenvalue weighted by Crippen LogP contribution is 2.19. The van der Waals surface area contributed by atoms with E-state index in [9.17, 15) is 9.59 Å². The van der Waals surface area contributed by atoms with E-state index >= 15 is 0 Å². The van der Waals surface area contributed by atoms with Crippen LogP contribution in [0.5, 0.6) is 0 Å². The number of benzene rings is 1. The lowest BCUT2D eigenvalue weighted by atomic mass is 10.2. The van der Waals surface area contributed by atoms with Crippen molar-refractivity contribution in [3.05, 3.63) is 57.4 Å². The molecule has 0 amide bonds. The van der Waals surface area contributed by atoms with Crippen LogP contribution in [0.2, 0.25) is 0 Å². The molecule has 0 bridgehead atoms. The van der Waals surface area contributed by atoms with Crippen LogP contribution in [0.25, 0.3) is 27.6 Å². The Hall–Kier alpha value is -2.89. The Bertz CT molecular complexity index is 1060. The van der Waals surface area contributed by atoms with Crippen molar-refractivity contribution in [2.45, 2.75) is 0 Å². The standard InChI is InChI=1S/C13H7N3O3/c17-11-9-10(15-13-14-5-6-16(11)13)7-3-1-2-4-8(7)19-12(9)18/h1-6H,(H,14,15). The Labute approximate surface area is 104 Å². The first-order valence-corrected chi connectivity index (χ1v) is 5.66. The molecule has 0 aliphatic carbocycles. The van der Waals surface area contributed by atoms with E-state index in [2.05, 4.69) is 9.97 Å². The number of H-pyrrole nitrogens is 1. The van der Waals surface area contributed by atoms with Crippen molar-refractivity contribution < 1.29 is 4.42 Å². The maximum absolute atomic E-state index is 12.3. The van der Waals surface area contributed by atoms with E-state index in [1.54, 1.807) is 18.2 Å². The average molecular weight is 253 g/mol. The molecule has 0 saturated heterocycles. The molecule has 0 aliphatic rings. The molecule has 0 radical (unpaired) electrons. The van der Waals surface area contributed by atoms with Crippen LogP contribution in [0.4, 0.5) is 0 Å². The first kappa shape index (κ1) is 10.1. The van der Waals surface area contributed by atoms with Gasteiger partial charge in [0, 0.05) is 17.8 Å². The van der Waals surface area contributed by atoms with Crippen LogP contribution in [0.3, 0.4) is 0 Å². The molecule has 4 aromatic rings. The summed E-state index contributed by atoms with van der Waals surface area (Å²) < 4.78 is 6.46. The Kier molecular flexibility index (Phi) is 1.76. The highest BCUT2D eigenvalue weighted by Gasteiger charge is 2.13. The van der Waals surface area contributed by atoms with Crippen LogP contribution < -0.4 is 11.2 Å². The van der Waals surface area contributed by atoms with Gasteiger partial charge < -0.3 is 9.40 Å². The summed E-state index contributed by atoms with van der Waals surface area (Å²) in [4.78, 5) is 31.3. The molecule has 0 atom stereocenters. The summed E-state index contributed by atoms with van der Waals surface area (Å²) in [5, 5.41) is 0.684. The number of para-hydroxylation sites is 1. The van der Waals surface area contributed by atoms with Gasteiger partial charge in [0.25, 0.3) is 5.56 Å². The van der Waals surface area contributed by atoms with Gasteiger partial charge in [-0.15, -0.1) is 0 Å². The summed E-state index contributed by atoms with van der Waals surface area (Å²) in [6.45, 7) is 0. The predicted molar refractivity (Wildman–Crippen MR) is 69.4 cm³/mol. The van der Waals surface area contributed by atoms with Gasteiger partial charge in [0.15, 0.2) is 0 Å². The lowest BCUT2D eigenvalue weighted by molar-refractivity contribution is 0.568. The molecule has 19 heavy (non-hydrogen) atoms. The third-order valence-electron chi connectivity index (χ3n) is 3.12. The van der Waals surface area contributed by atoms with E-state index < -0.39 is 11.2 Å². The molecule has 1 aromatic carbocycles. The molecular formula is C13H7N3O3. The SMILES string of the molecule is O=c1oc2ccccc2c2[nH]c3nccn3c(=O)c12. The number of hydrogen-bond acceptors (Lipinski definition) is 4. The van der Waals surface area contributed by atoms with Gasteiger partial charge in [-0.3, -0.25) is 9.20 Å². The maximum atomic E-state index is 12.3. The molecule has 6 heteroatoms. The fourth-order valence-corrected chi connectivity index (χ4v) is 2.27. The van der Waals surface area contributed by atoms with Crippen molar-refractivity contribution >= 4 is 27.6 Å². The van der Waals surface area contributed by atoms with Crippen LogP contribution in [-0.4, -0.2) is 14.4 Å². The summed E-state index contributed by atoms with van der Waals surface area (Å²) >= 11 is 0. The summed E-state index contributed by atoms with van der Waals surface area (Å²) in [6.07, 6.45) is 3.00. The van der Waals surface area contributed by atoms with E-state index in [-0.39, 0.29) is 5.39 Å². The lowest BCUT2D eigenvalue weighted by Crippen LogP contribution is -2.20. The fourth-order valence-electron chi connectivity index (χ4n) is 2.27. The minimum Gasteiger partial charge on any atom is -0.422 e. The van der Waals surface area contributed by atoms with Crippen LogP contribution in [0.1, 0.15) is 0 Å². The number of aromatic nitrogens is 3. The average Bonchev–Trinajstić information content (AvgIpc) is 2.87. The molecule has 0 fully saturated rings. The van der Waals surface area contributed by atoms with Gasteiger partial charge in [-0.1, -0.05) is 12.1 Å². The molecule has 0 saturated carbocycles. The van der Waals surface area contributed by atoms with Crippen molar-refractivity contribution in [3.63, 3.8) is 0 Å². The Morgan fingerprint density at radius 2 is 2.05 bits per heavy atom. The molecule has 3 heterocycles. The third-order valence-corrected chi connectivity index (χ3v) is 3.12. The second-order valence-electron chi connectivity index (χ2n) is 4.19. The minimum atomic E-state index is -0.648. The van der Waals surface area contributed by atoms with E-state index in [4.69, 9.17) is 4.42 Å². The highest BCUT2D eigenvalue weighted by atomic mass is 16.4. The van der Waals surface area contributed by atoms with Gasteiger partial charge in [0.1, 0.15) is 11.0 Å². The number of nitrogens with one attached hydrogen (secondary N) is 1. The fraction of sp³-hybridized carbons (Fsp3) is 0. The largest absolute Gasteiger partial charge is 0.422 e. The van der Waals surface area contributed by atoms with Crippen molar-refractivity contribution in [2.24, 2.45) is 0 Å². The van der Waals surface area contributed by atoms with Gasteiger partial charge in [-0.05, 0) is 12.1 Å². The molecule has 0 aliphatic heterocycles. The summed E-state index contributed by atoms with van der Waals surface area (Å²) in [6, 6.07) is 7.05. The number of rotatable bonds is 0. The van der Waals surface area contributed by atoms with Crippen molar-refractivity contribution in [1.82, 2.24) is 14.4 Å². The van der Waals surface area contributed by atoms with E-state index in [0.29, 0.717) is 22.3 Å². The second-order valence-corrected chi connectivity index (χ2v) is 4.19. The quantitative estimate of drug-likeness (QED) is 0.378. The number of nitrogens with zero attached hydrogens (tertiary/aromatic N) is 2. The maximum Gasteiger partial charge on any atom is 0.351 e. The van der Waals surface area contributed by atoms with E-state index in [1.165, 1.54) is 16.8 Å². The normalized spacial score (nSPS) is 11.6. The highest BCUT2D eigenvalue weighted by molar-refractivity contribution is 6.01.